The van der Waals surface area contributed by atoms with Gasteiger partial charge in [-0.05, 0) is 19.2 Å². The normalized spacial score (nSPS) is 24.4. The van der Waals surface area contributed by atoms with Gasteiger partial charge in [-0.15, -0.1) is 0 Å². The van der Waals surface area contributed by atoms with E-state index >= 15 is 0 Å². The zero-order chi connectivity index (χ0) is 13.1. The second-order valence-electron chi connectivity index (χ2n) is 5.30. The van der Waals surface area contributed by atoms with E-state index in [9.17, 15) is 4.79 Å². The number of nitrogens with zero attached hydrogens (tertiary/aromatic N) is 1. The van der Waals surface area contributed by atoms with Crippen LogP contribution in [-0.4, -0.2) is 36.4 Å². The maximum Gasteiger partial charge on any atom is 0.152 e. The number of hydrogen-bond donors (Lipinski definition) is 0. The molecule has 3 heteroatoms. The molecule has 1 aromatic carbocycles. The molecule has 1 unspecified atom stereocenters. The number of carbonyl (C=O) groups is 1. The Kier molecular flexibility index (Phi) is 4.02. The Balaban J connectivity index is 1.97. The molecule has 1 heterocycles. The number of Topliss-reactive ketones (excluding diaryl/α,β-unsaturated/α-hetero) is 1. The van der Waals surface area contributed by atoms with Crippen LogP contribution in [0.15, 0.2) is 30.3 Å². The van der Waals surface area contributed by atoms with Crippen molar-refractivity contribution in [2.24, 2.45) is 5.92 Å². The van der Waals surface area contributed by atoms with Crippen LogP contribution in [-0.2, 0) is 4.79 Å². The van der Waals surface area contributed by atoms with Gasteiger partial charge in [0.05, 0.1) is 6.04 Å². The van der Waals surface area contributed by atoms with Gasteiger partial charge in [-0.2, -0.15) is 0 Å². The fourth-order valence-corrected chi connectivity index (χ4v) is 2.45. The smallest absolute Gasteiger partial charge is 0.152 e. The predicted molar refractivity (Wildman–Crippen MR) is 71.7 cm³/mol. The molecular formula is C15H21NO2. The van der Waals surface area contributed by atoms with Gasteiger partial charge in [0.1, 0.15) is 11.9 Å². The van der Waals surface area contributed by atoms with Crippen molar-refractivity contribution >= 4 is 5.78 Å². The van der Waals surface area contributed by atoms with Crippen molar-refractivity contribution in [2.45, 2.75) is 32.4 Å². The van der Waals surface area contributed by atoms with Crippen LogP contribution < -0.4 is 4.74 Å². The highest BCUT2D eigenvalue weighted by Gasteiger charge is 2.36. The molecule has 2 atom stereocenters. The van der Waals surface area contributed by atoms with Gasteiger partial charge >= 0.3 is 0 Å². The van der Waals surface area contributed by atoms with E-state index in [2.05, 4.69) is 4.90 Å². The first-order valence-corrected chi connectivity index (χ1v) is 6.53. The molecule has 0 radical (unpaired) electrons. The molecule has 0 spiro atoms. The number of para-hydroxylation sites is 1. The van der Waals surface area contributed by atoms with Crippen molar-refractivity contribution in [3.63, 3.8) is 0 Å². The molecule has 2 rings (SSSR count). The Bertz CT molecular complexity index is 402. The number of benzene rings is 1. The van der Waals surface area contributed by atoms with Crippen LogP contribution in [0.4, 0.5) is 0 Å². The average Bonchev–Trinajstić information content (AvgIpc) is 2.70. The number of carbonyl (C=O) groups excluding carboxylic acids is 1. The molecule has 0 amide bonds. The van der Waals surface area contributed by atoms with E-state index in [1.807, 2.05) is 51.2 Å². The summed E-state index contributed by atoms with van der Waals surface area (Å²) >= 11 is 0. The van der Waals surface area contributed by atoms with E-state index in [1.54, 1.807) is 0 Å². The van der Waals surface area contributed by atoms with Crippen LogP contribution in [0.25, 0.3) is 0 Å². The number of hydrogen-bond acceptors (Lipinski definition) is 3. The lowest BCUT2D eigenvalue weighted by Crippen LogP contribution is -2.35. The van der Waals surface area contributed by atoms with Gasteiger partial charge in [0, 0.05) is 18.9 Å². The number of ether oxygens (including phenoxy) is 1. The third kappa shape index (κ3) is 2.91. The maximum atomic E-state index is 12.1. The summed E-state index contributed by atoms with van der Waals surface area (Å²) < 4.78 is 5.91. The zero-order valence-electron chi connectivity index (χ0n) is 11.3. The summed E-state index contributed by atoms with van der Waals surface area (Å²) in [5.41, 5.74) is 0. The first kappa shape index (κ1) is 13.1. The monoisotopic (exact) mass is 247 g/mol. The van der Waals surface area contributed by atoms with Gasteiger partial charge < -0.3 is 4.74 Å². The van der Waals surface area contributed by atoms with Crippen LogP contribution in [0.5, 0.6) is 5.75 Å². The van der Waals surface area contributed by atoms with Crippen LogP contribution in [0.2, 0.25) is 0 Å². The molecule has 1 aliphatic heterocycles. The molecule has 3 nitrogen and oxygen atoms in total. The van der Waals surface area contributed by atoms with Gasteiger partial charge in [-0.25, -0.2) is 0 Å². The Morgan fingerprint density at radius 1 is 1.33 bits per heavy atom. The Morgan fingerprint density at radius 3 is 2.61 bits per heavy atom. The second kappa shape index (κ2) is 5.53. The molecule has 98 valence electrons. The lowest BCUT2D eigenvalue weighted by Gasteiger charge is -2.18. The topological polar surface area (TPSA) is 29.5 Å². The van der Waals surface area contributed by atoms with E-state index in [1.165, 1.54) is 0 Å². The largest absolute Gasteiger partial charge is 0.489 e. The molecule has 1 aliphatic rings. The van der Waals surface area contributed by atoms with Crippen molar-refractivity contribution in [3.8, 4) is 5.75 Å². The zero-order valence-corrected chi connectivity index (χ0v) is 11.3. The van der Waals surface area contributed by atoms with Crippen LogP contribution in [0, 0.1) is 5.92 Å². The quantitative estimate of drug-likeness (QED) is 0.818. The molecule has 18 heavy (non-hydrogen) atoms. The van der Waals surface area contributed by atoms with Crippen molar-refractivity contribution in [2.75, 3.05) is 13.6 Å². The third-order valence-electron chi connectivity index (χ3n) is 3.45. The highest BCUT2D eigenvalue weighted by atomic mass is 16.5. The van der Waals surface area contributed by atoms with E-state index in [4.69, 9.17) is 4.74 Å². The lowest BCUT2D eigenvalue weighted by atomic mass is 10.00. The number of likely N-dealkylation sites (tertiary alicyclic amines) is 1. The van der Waals surface area contributed by atoms with Gasteiger partial charge in [0.25, 0.3) is 0 Å². The molecule has 0 bridgehead atoms. The predicted octanol–water partition coefficient (Wildman–Crippen LogP) is 2.36. The Labute approximate surface area is 109 Å². The lowest BCUT2D eigenvalue weighted by molar-refractivity contribution is -0.125. The van der Waals surface area contributed by atoms with Crippen LogP contribution >= 0.6 is 0 Å². The fourth-order valence-electron chi connectivity index (χ4n) is 2.45. The summed E-state index contributed by atoms with van der Waals surface area (Å²) in [6.45, 7) is 4.74. The number of likely N-dealkylation sites (N-methyl/N-ethyl adjacent to an activating group) is 1. The van der Waals surface area contributed by atoms with E-state index in [-0.39, 0.29) is 18.1 Å². The summed E-state index contributed by atoms with van der Waals surface area (Å²) in [5, 5.41) is 0. The van der Waals surface area contributed by atoms with Gasteiger partial charge in [-0.3, -0.25) is 9.69 Å². The first-order chi connectivity index (χ1) is 8.58. The maximum absolute atomic E-state index is 12.1. The molecule has 0 N–H and O–H groups in total. The van der Waals surface area contributed by atoms with Gasteiger partial charge in [0.2, 0.25) is 0 Å². The minimum atomic E-state index is 0.0127. The molecule has 0 aliphatic carbocycles. The van der Waals surface area contributed by atoms with Crippen molar-refractivity contribution in [3.05, 3.63) is 30.3 Å². The van der Waals surface area contributed by atoms with Gasteiger partial charge in [0.15, 0.2) is 5.78 Å². The summed E-state index contributed by atoms with van der Waals surface area (Å²) in [6, 6.07) is 9.82. The van der Waals surface area contributed by atoms with Crippen molar-refractivity contribution < 1.29 is 9.53 Å². The molecule has 1 fully saturated rings. The highest BCUT2D eigenvalue weighted by Crippen LogP contribution is 2.23. The SMILES string of the molecule is CC(C)C(=O)[C@@H]1CC(Oc2ccccc2)CN1C. The number of ketones is 1. The molecule has 1 saturated heterocycles. The number of rotatable bonds is 4. The van der Waals surface area contributed by atoms with E-state index in [0.717, 1.165) is 18.7 Å². The van der Waals surface area contributed by atoms with E-state index in [0.29, 0.717) is 5.78 Å². The highest BCUT2D eigenvalue weighted by molar-refractivity contribution is 5.86. The Hall–Kier alpha value is -1.35. The van der Waals surface area contributed by atoms with E-state index < -0.39 is 0 Å². The average molecular weight is 247 g/mol. The molecule has 0 saturated carbocycles. The third-order valence-corrected chi connectivity index (χ3v) is 3.45. The summed E-state index contributed by atoms with van der Waals surface area (Å²) in [5.74, 6) is 1.29. The summed E-state index contributed by atoms with van der Waals surface area (Å²) in [4.78, 5) is 14.2. The molecule has 0 aromatic heterocycles. The molecular weight excluding hydrogens is 226 g/mol. The van der Waals surface area contributed by atoms with Crippen molar-refractivity contribution in [1.29, 1.82) is 0 Å². The minimum absolute atomic E-state index is 0.0127. The Morgan fingerprint density at radius 2 is 2.00 bits per heavy atom. The van der Waals surface area contributed by atoms with Crippen LogP contribution in [0.1, 0.15) is 20.3 Å². The van der Waals surface area contributed by atoms with Crippen molar-refractivity contribution in [1.82, 2.24) is 4.90 Å². The molecule has 1 aromatic rings. The van der Waals surface area contributed by atoms with Gasteiger partial charge in [-0.1, -0.05) is 32.0 Å². The van der Waals surface area contributed by atoms with Crippen LogP contribution in [0.3, 0.4) is 0 Å². The minimum Gasteiger partial charge on any atom is -0.489 e. The standard InChI is InChI=1S/C15H21NO2/c1-11(2)15(17)14-9-13(10-16(14)3)18-12-7-5-4-6-8-12/h4-8,11,13-14H,9-10H2,1-3H3/t13?,14-/m0/s1. The summed E-state index contributed by atoms with van der Waals surface area (Å²) in [7, 11) is 2.00. The second-order valence-corrected chi connectivity index (χ2v) is 5.30. The summed E-state index contributed by atoms with van der Waals surface area (Å²) in [6.07, 6.45) is 0.910. The fraction of sp³-hybridized carbons (Fsp3) is 0.533. The first-order valence-electron chi connectivity index (χ1n) is 6.53.